The van der Waals surface area contributed by atoms with Crippen LogP contribution in [0.1, 0.15) is 39.6 Å². The smallest absolute Gasteiger partial charge is 0.257 e. The zero-order valence-corrected chi connectivity index (χ0v) is 19.3. The van der Waals surface area contributed by atoms with Crippen molar-refractivity contribution in [3.8, 4) is 11.8 Å². The number of imidazole rings is 1. The van der Waals surface area contributed by atoms with Crippen LogP contribution in [0.25, 0.3) is 5.65 Å². The largest absolute Gasteiger partial charge is 0.322 e. The third kappa shape index (κ3) is 5.40. The number of benzene rings is 1. The Hall–Kier alpha value is -3.99. The quantitative estimate of drug-likeness (QED) is 0.464. The van der Waals surface area contributed by atoms with Crippen molar-refractivity contribution >= 4 is 17.2 Å². The van der Waals surface area contributed by atoms with E-state index in [-0.39, 0.29) is 19.0 Å². The lowest BCUT2D eigenvalue weighted by Crippen LogP contribution is -2.43. The summed E-state index contributed by atoms with van der Waals surface area (Å²) in [5, 5.41) is 2.85. The first-order chi connectivity index (χ1) is 19.0. The summed E-state index contributed by atoms with van der Waals surface area (Å²) in [7, 11) is 0. The number of anilines is 1. The van der Waals surface area contributed by atoms with Gasteiger partial charge >= 0.3 is 0 Å². The molecule has 1 aliphatic heterocycles. The third-order valence-electron chi connectivity index (χ3n) is 5.79. The minimum absolute atomic E-state index is 0.264. The van der Waals surface area contributed by atoms with Crippen LogP contribution in [0, 0.1) is 18.8 Å². The van der Waals surface area contributed by atoms with E-state index in [1.165, 1.54) is 11.1 Å². The van der Waals surface area contributed by atoms with E-state index in [0.29, 0.717) is 41.0 Å². The van der Waals surface area contributed by atoms with E-state index in [1.54, 1.807) is 48.5 Å². The molecule has 7 nitrogen and oxygen atoms in total. The van der Waals surface area contributed by atoms with Gasteiger partial charge in [0.2, 0.25) is 0 Å². The summed E-state index contributed by atoms with van der Waals surface area (Å²) in [5.41, 5.74) is 4.11. The maximum absolute atomic E-state index is 13.0. The molecule has 0 spiro atoms. The van der Waals surface area contributed by atoms with Crippen LogP contribution < -0.4 is 5.32 Å². The molecule has 5 rings (SSSR count). The van der Waals surface area contributed by atoms with Crippen LogP contribution in [0.15, 0.2) is 67.3 Å². The summed E-state index contributed by atoms with van der Waals surface area (Å²) >= 11 is 0. The Balaban J connectivity index is 1.27. The summed E-state index contributed by atoms with van der Waals surface area (Å²) in [6.07, 6.45) is 6.63. The predicted molar refractivity (Wildman–Crippen MR) is 137 cm³/mol. The maximum Gasteiger partial charge on any atom is 0.257 e. The molecule has 3 aromatic heterocycles. The topological polar surface area (TPSA) is 65.8 Å². The van der Waals surface area contributed by atoms with E-state index in [1.807, 2.05) is 28.8 Å². The Morgan fingerprint density at radius 3 is 2.83 bits per heavy atom. The molecule has 0 bridgehead atoms. The molecule has 1 aliphatic rings. The average Bonchev–Trinajstić information content (AvgIpc) is 3.34. The first-order valence-electron chi connectivity index (χ1n) is 13.8. The highest BCUT2D eigenvalue weighted by Gasteiger charge is 2.15. The number of nitrogens with zero attached hydrogens (tertiary/aromatic N) is 5. The van der Waals surface area contributed by atoms with Gasteiger partial charge < -0.3 is 10.2 Å². The van der Waals surface area contributed by atoms with Gasteiger partial charge in [-0.1, -0.05) is 18.1 Å². The number of aryl methyl sites for hydroxylation is 1. The van der Waals surface area contributed by atoms with Crippen LogP contribution in [0.2, 0.25) is 0 Å². The van der Waals surface area contributed by atoms with Gasteiger partial charge in [-0.25, -0.2) is 4.98 Å². The first-order valence-corrected chi connectivity index (χ1v) is 11.3. The molecule has 1 fully saturated rings. The summed E-state index contributed by atoms with van der Waals surface area (Å²) in [6.45, 7) is -1.05. The molecule has 0 radical (unpaired) electrons. The molecule has 4 heterocycles. The first kappa shape index (κ1) is 17.4. The highest BCUT2D eigenvalue weighted by molar-refractivity contribution is 6.04. The third-order valence-corrected chi connectivity index (χ3v) is 5.79. The number of pyridine rings is 2. The molecule has 0 atom stereocenters. The minimum atomic E-state index is -2.18. The van der Waals surface area contributed by atoms with Crippen molar-refractivity contribution in [2.75, 3.05) is 38.5 Å². The number of likely N-dealkylation sites (N-methyl/N-ethyl adjacent to an activating group) is 1. The van der Waals surface area contributed by atoms with Gasteiger partial charge in [0.25, 0.3) is 5.91 Å². The number of hydrogen-bond acceptors (Lipinski definition) is 5. The van der Waals surface area contributed by atoms with Crippen molar-refractivity contribution in [3.05, 3.63) is 95.2 Å². The molecule has 0 aliphatic carbocycles. The van der Waals surface area contributed by atoms with Crippen LogP contribution in [0.3, 0.4) is 0 Å². The second-order valence-corrected chi connectivity index (χ2v) is 8.35. The molecular formula is C28H28N6O. The number of aromatic nitrogens is 3. The lowest BCUT2D eigenvalue weighted by Gasteiger charge is -2.32. The van der Waals surface area contributed by atoms with E-state index in [2.05, 4.69) is 27.1 Å². The molecule has 35 heavy (non-hydrogen) atoms. The van der Waals surface area contributed by atoms with Crippen LogP contribution in [0.4, 0.5) is 5.69 Å². The van der Waals surface area contributed by atoms with E-state index in [0.717, 1.165) is 11.3 Å². The van der Waals surface area contributed by atoms with Crippen molar-refractivity contribution in [3.63, 3.8) is 0 Å². The van der Waals surface area contributed by atoms with Crippen LogP contribution >= 0.6 is 0 Å². The van der Waals surface area contributed by atoms with E-state index < -0.39 is 13.5 Å². The monoisotopic (exact) mass is 469 g/mol. The second-order valence-electron chi connectivity index (χ2n) is 8.35. The summed E-state index contributed by atoms with van der Waals surface area (Å²) in [4.78, 5) is 24.5. The Kier molecular flexibility index (Phi) is 5.03. The molecule has 1 saturated heterocycles. The van der Waals surface area contributed by atoms with Gasteiger partial charge in [-0.3, -0.25) is 19.1 Å². The zero-order valence-electron chi connectivity index (χ0n) is 24.3. The zero-order chi connectivity index (χ0) is 28.5. The SMILES string of the molecule is [2H]C([2H])([2H])N1CCN(C([2H])([2H])c2ccc(NC(=O)c3cncc(C#Cc4cnc5ccccn45)c3)cc2C)CC1. The fourth-order valence-corrected chi connectivity index (χ4v) is 3.85. The summed E-state index contributed by atoms with van der Waals surface area (Å²) in [5.74, 6) is 5.75. The molecule has 176 valence electrons. The van der Waals surface area contributed by atoms with Gasteiger partial charge in [-0.2, -0.15) is 0 Å². The lowest BCUT2D eigenvalue weighted by molar-refractivity contribution is 0.102. The summed E-state index contributed by atoms with van der Waals surface area (Å²) < 4.78 is 42.1. The van der Waals surface area contributed by atoms with Gasteiger partial charge in [0.1, 0.15) is 11.3 Å². The van der Waals surface area contributed by atoms with Gasteiger partial charge in [-0.05, 0) is 61.3 Å². The highest BCUT2D eigenvalue weighted by atomic mass is 16.1. The Morgan fingerprint density at radius 2 is 2.00 bits per heavy atom. The van der Waals surface area contributed by atoms with Gasteiger partial charge in [0.05, 0.1) is 11.8 Å². The highest BCUT2D eigenvalue weighted by Crippen LogP contribution is 2.19. The molecule has 1 aromatic carbocycles. The molecule has 7 heteroatoms. The molecule has 4 aromatic rings. The van der Waals surface area contributed by atoms with Gasteiger partial charge in [-0.15, -0.1) is 0 Å². The molecule has 0 unspecified atom stereocenters. The fraction of sp³-hybridized carbons (Fsp3) is 0.250. The van der Waals surface area contributed by atoms with E-state index in [9.17, 15) is 4.79 Å². The van der Waals surface area contributed by atoms with Crippen LogP contribution in [-0.2, 0) is 6.50 Å². The molecule has 1 N–H and O–H groups in total. The van der Waals surface area contributed by atoms with Crippen molar-refractivity contribution < 1.29 is 11.6 Å². The number of rotatable bonds is 4. The second kappa shape index (κ2) is 10.1. The average molecular weight is 470 g/mol. The molecular weight excluding hydrogens is 436 g/mol. The van der Waals surface area contributed by atoms with E-state index in [4.69, 9.17) is 6.85 Å². The van der Waals surface area contributed by atoms with Gasteiger partial charge in [0, 0.05) is 69.4 Å². The maximum atomic E-state index is 13.0. The normalized spacial score (nSPS) is 17.3. The van der Waals surface area contributed by atoms with Crippen molar-refractivity contribution in [2.24, 2.45) is 0 Å². The fourth-order valence-electron chi connectivity index (χ4n) is 3.85. The van der Waals surface area contributed by atoms with E-state index >= 15 is 0 Å². The van der Waals surface area contributed by atoms with Crippen LogP contribution in [0.5, 0.6) is 0 Å². The summed E-state index contributed by atoms with van der Waals surface area (Å²) in [6, 6.07) is 12.4. The number of carbonyl (C=O) groups is 1. The number of hydrogen-bond donors (Lipinski definition) is 1. The Labute approximate surface area is 212 Å². The molecule has 1 amide bonds. The Bertz CT molecular complexity index is 1610. The van der Waals surface area contributed by atoms with Crippen molar-refractivity contribution in [1.29, 1.82) is 0 Å². The van der Waals surface area contributed by atoms with Crippen molar-refractivity contribution in [1.82, 2.24) is 24.2 Å². The number of carbonyl (C=O) groups excluding carboxylic acids is 1. The number of fused-ring (bicyclic) bond motifs is 1. The predicted octanol–water partition coefficient (Wildman–Crippen LogP) is 3.44. The number of nitrogens with one attached hydrogen (secondary N) is 1. The standard InChI is InChI=1S/C28H28N6O/c1-21-15-25(8-7-23(21)20-33-13-11-32(2)12-14-33)31-28(35)24-16-22(17-29-18-24)6-9-26-19-30-27-5-3-4-10-34(26)27/h3-5,7-8,10,15-19H,11-14,20H2,1-2H3,(H,31,35)/i2D3,20D2. The molecule has 0 saturated carbocycles. The number of piperazine rings is 1. The van der Waals surface area contributed by atoms with Crippen molar-refractivity contribution in [2.45, 2.75) is 13.4 Å². The van der Waals surface area contributed by atoms with Crippen LogP contribution in [-0.4, -0.2) is 63.2 Å². The minimum Gasteiger partial charge on any atom is -0.322 e. The lowest BCUT2D eigenvalue weighted by atomic mass is 10.1. The number of amides is 1. The Morgan fingerprint density at radius 1 is 1.11 bits per heavy atom. The van der Waals surface area contributed by atoms with Gasteiger partial charge in [0.15, 0.2) is 0 Å².